The van der Waals surface area contributed by atoms with Crippen LogP contribution in [0.5, 0.6) is 11.5 Å². The van der Waals surface area contributed by atoms with Gasteiger partial charge in [0.2, 0.25) is 6.79 Å². The molecule has 1 aromatic rings. The van der Waals surface area contributed by atoms with Crippen LogP contribution in [0.2, 0.25) is 0 Å². The number of rotatable bonds is 2. The van der Waals surface area contributed by atoms with Crippen LogP contribution in [0.15, 0.2) is 12.1 Å². The van der Waals surface area contributed by atoms with E-state index in [1.807, 2.05) is 12.1 Å². The first-order valence-corrected chi connectivity index (χ1v) is 6.37. The molecule has 0 aromatic heterocycles. The molecule has 2 bridgehead atoms. The van der Waals surface area contributed by atoms with Crippen LogP contribution in [-0.2, 0) is 9.53 Å². The second-order valence-electron chi connectivity index (χ2n) is 5.10. The third-order valence-corrected chi connectivity index (χ3v) is 4.35. The number of carbonyl (C=O) groups is 1. The third kappa shape index (κ3) is 1.11. The Morgan fingerprint density at radius 3 is 2.50 bits per heavy atom. The minimum Gasteiger partial charge on any atom is -0.454 e. The van der Waals surface area contributed by atoms with E-state index >= 15 is 0 Å². The highest BCUT2D eigenvalue weighted by Crippen LogP contribution is 2.59. The fourth-order valence-electron chi connectivity index (χ4n) is 3.49. The zero-order valence-corrected chi connectivity index (χ0v) is 10.1. The predicted molar refractivity (Wildman–Crippen MR) is 62.5 cm³/mol. The highest BCUT2D eigenvalue weighted by Gasteiger charge is 2.52. The van der Waals surface area contributed by atoms with E-state index in [-0.39, 0.29) is 24.9 Å². The molecule has 0 N–H and O–H groups in total. The van der Waals surface area contributed by atoms with Crippen molar-refractivity contribution in [2.75, 3.05) is 6.79 Å². The van der Waals surface area contributed by atoms with Crippen molar-refractivity contribution < 1.29 is 19.0 Å². The number of fused-ring (bicyclic) bond motifs is 6. The quantitative estimate of drug-likeness (QED) is 0.751. The van der Waals surface area contributed by atoms with E-state index in [9.17, 15) is 4.79 Å². The first-order valence-electron chi connectivity index (χ1n) is 6.37. The lowest BCUT2D eigenvalue weighted by molar-refractivity contribution is -0.113. The van der Waals surface area contributed by atoms with Gasteiger partial charge >= 0.3 is 0 Å². The zero-order chi connectivity index (χ0) is 12.3. The lowest BCUT2D eigenvalue weighted by atomic mass is 9.75. The monoisotopic (exact) mass is 246 g/mol. The molecule has 4 nitrogen and oxygen atoms in total. The van der Waals surface area contributed by atoms with Crippen molar-refractivity contribution in [2.45, 2.75) is 25.6 Å². The molecule has 3 heterocycles. The number of ether oxygens (including phenoxy) is 3. The van der Waals surface area contributed by atoms with Gasteiger partial charge in [0.25, 0.3) is 0 Å². The van der Waals surface area contributed by atoms with Crippen LogP contribution in [0.4, 0.5) is 0 Å². The molecule has 18 heavy (non-hydrogen) atoms. The highest BCUT2D eigenvalue weighted by atomic mass is 16.7. The molecule has 1 aromatic carbocycles. The van der Waals surface area contributed by atoms with Crippen LogP contribution in [-0.4, -0.2) is 13.1 Å². The molecular formula is C14H14O4. The Morgan fingerprint density at radius 2 is 1.89 bits per heavy atom. The summed E-state index contributed by atoms with van der Waals surface area (Å²) in [5.74, 6) is 1.83. The van der Waals surface area contributed by atoms with E-state index in [0.29, 0.717) is 5.92 Å². The molecule has 4 rings (SSSR count). The number of hydrogen-bond donors (Lipinski definition) is 0. The van der Waals surface area contributed by atoms with Crippen molar-refractivity contribution in [3.63, 3.8) is 0 Å². The van der Waals surface area contributed by atoms with E-state index in [0.717, 1.165) is 29.8 Å². The van der Waals surface area contributed by atoms with Gasteiger partial charge in [-0.25, -0.2) is 0 Å². The maximum Gasteiger partial charge on any atom is 0.231 e. The smallest absolute Gasteiger partial charge is 0.231 e. The molecule has 0 saturated carbocycles. The average molecular weight is 246 g/mol. The lowest BCUT2D eigenvalue weighted by Crippen LogP contribution is -2.22. The Hall–Kier alpha value is -1.55. The molecule has 0 radical (unpaired) electrons. The van der Waals surface area contributed by atoms with Gasteiger partial charge in [-0.2, -0.15) is 0 Å². The fourth-order valence-corrected chi connectivity index (χ4v) is 3.49. The maximum absolute atomic E-state index is 11.3. The summed E-state index contributed by atoms with van der Waals surface area (Å²) in [7, 11) is 0. The lowest BCUT2D eigenvalue weighted by Gasteiger charge is -2.25. The SMILES string of the molecule is CC[C@H]1[C@@H](C=O)[C@@H]2O[C@H]1c1cc3c(cc12)OCO3. The van der Waals surface area contributed by atoms with Crippen LogP contribution in [0, 0.1) is 11.8 Å². The standard InChI is InChI=1S/C14H14O4/c1-2-7-10(5-15)14-9-4-12-11(16-6-17-12)3-8(9)13(7)18-14/h3-5,7,10,13-14H,2,6H2,1H3/t7-,10+,13+,14+/m0/s1. The van der Waals surface area contributed by atoms with Crippen molar-refractivity contribution in [3.8, 4) is 11.5 Å². The van der Waals surface area contributed by atoms with Gasteiger partial charge in [-0.1, -0.05) is 6.92 Å². The Morgan fingerprint density at radius 1 is 1.22 bits per heavy atom. The summed E-state index contributed by atoms with van der Waals surface area (Å²) in [6.07, 6.45) is 1.95. The van der Waals surface area contributed by atoms with E-state index < -0.39 is 0 Å². The van der Waals surface area contributed by atoms with Gasteiger partial charge in [-0.05, 0) is 29.7 Å². The number of benzene rings is 1. The van der Waals surface area contributed by atoms with Gasteiger partial charge in [-0.3, -0.25) is 0 Å². The first kappa shape index (κ1) is 10.4. The molecule has 4 atom stereocenters. The Labute approximate surface area is 105 Å². The largest absolute Gasteiger partial charge is 0.454 e. The number of aldehydes is 1. The normalized spacial score (nSPS) is 34.7. The summed E-state index contributed by atoms with van der Waals surface area (Å²) >= 11 is 0. The van der Waals surface area contributed by atoms with Gasteiger partial charge in [0.1, 0.15) is 6.29 Å². The van der Waals surface area contributed by atoms with E-state index in [2.05, 4.69) is 6.92 Å². The van der Waals surface area contributed by atoms with Crippen molar-refractivity contribution in [1.82, 2.24) is 0 Å². The Kier molecular flexibility index (Phi) is 2.01. The van der Waals surface area contributed by atoms with Crippen LogP contribution in [0.25, 0.3) is 0 Å². The average Bonchev–Trinajstić information content (AvgIpc) is 3.07. The van der Waals surface area contributed by atoms with E-state index in [1.54, 1.807) is 0 Å². The molecule has 0 aliphatic carbocycles. The summed E-state index contributed by atoms with van der Waals surface area (Å²) < 4.78 is 16.8. The first-order chi connectivity index (χ1) is 8.83. The highest BCUT2D eigenvalue weighted by molar-refractivity contribution is 5.62. The van der Waals surface area contributed by atoms with Crippen LogP contribution >= 0.6 is 0 Å². The second-order valence-corrected chi connectivity index (χ2v) is 5.10. The van der Waals surface area contributed by atoms with Crippen molar-refractivity contribution >= 4 is 6.29 Å². The van der Waals surface area contributed by atoms with Gasteiger partial charge < -0.3 is 19.0 Å². The van der Waals surface area contributed by atoms with Crippen molar-refractivity contribution in [1.29, 1.82) is 0 Å². The summed E-state index contributed by atoms with van der Waals surface area (Å²) in [5, 5.41) is 0. The molecule has 0 unspecified atom stereocenters. The maximum atomic E-state index is 11.3. The number of hydrogen-bond acceptors (Lipinski definition) is 4. The van der Waals surface area contributed by atoms with Crippen LogP contribution in [0.1, 0.15) is 36.7 Å². The molecule has 0 spiro atoms. The van der Waals surface area contributed by atoms with Gasteiger partial charge in [-0.15, -0.1) is 0 Å². The molecule has 1 fully saturated rings. The summed E-state index contributed by atoms with van der Waals surface area (Å²) in [5.41, 5.74) is 2.28. The molecule has 3 aliphatic rings. The van der Waals surface area contributed by atoms with Gasteiger partial charge in [0.05, 0.1) is 18.1 Å². The molecule has 0 amide bonds. The van der Waals surface area contributed by atoms with Crippen molar-refractivity contribution in [2.24, 2.45) is 11.8 Å². The third-order valence-electron chi connectivity index (χ3n) is 4.35. The molecule has 3 aliphatic heterocycles. The molecule has 1 saturated heterocycles. The second kappa shape index (κ2) is 3.48. The summed E-state index contributed by atoms with van der Waals surface area (Å²) in [4.78, 5) is 11.3. The van der Waals surface area contributed by atoms with Gasteiger partial charge in [0, 0.05) is 5.92 Å². The minimum absolute atomic E-state index is 0.0205. The van der Waals surface area contributed by atoms with Crippen molar-refractivity contribution in [3.05, 3.63) is 23.3 Å². The van der Waals surface area contributed by atoms with Crippen LogP contribution < -0.4 is 9.47 Å². The van der Waals surface area contributed by atoms with E-state index in [4.69, 9.17) is 14.2 Å². The Balaban J connectivity index is 1.85. The fraction of sp³-hybridized carbons (Fsp3) is 0.500. The molecule has 94 valence electrons. The van der Waals surface area contributed by atoms with Crippen LogP contribution in [0.3, 0.4) is 0 Å². The zero-order valence-electron chi connectivity index (χ0n) is 10.1. The summed E-state index contributed by atoms with van der Waals surface area (Å²) in [6.45, 7) is 2.39. The summed E-state index contributed by atoms with van der Waals surface area (Å²) in [6, 6.07) is 4.00. The number of carbonyl (C=O) groups excluding carboxylic acids is 1. The topological polar surface area (TPSA) is 44.8 Å². The molecule has 4 heteroatoms. The molecular weight excluding hydrogens is 232 g/mol. The van der Waals surface area contributed by atoms with Gasteiger partial charge in [0.15, 0.2) is 11.5 Å². The Bertz CT molecular complexity index is 525. The minimum atomic E-state index is -0.0954. The van der Waals surface area contributed by atoms with E-state index in [1.165, 1.54) is 5.56 Å². The predicted octanol–water partition coefficient (Wildman–Crippen LogP) is 2.38.